The summed E-state index contributed by atoms with van der Waals surface area (Å²) in [4.78, 5) is 11.4. The number of hydrogen-bond donors (Lipinski definition) is 0. The fraction of sp³-hybridized carbons (Fsp3) is 0.364. The molecular weight excluding hydrogens is 308 g/mol. The summed E-state index contributed by atoms with van der Waals surface area (Å²) in [5.41, 5.74) is 0. The summed E-state index contributed by atoms with van der Waals surface area (Å²) in [5, 5.41) is 0. The van der Waals surface area contributed by atoms with Crippen molar-refractivity contribution in [3.8, 4) is 0 Å². The third-order valence-electron chi connectivity index (χ3n) is 2.23. The number of carbonyl (C=O) groups excluding carboxylic acids is 1. The molecule has 17 heavy (non-hydrogen) atoms. The summed E-state index contributed by atoms with van der Waals surface area (Å²) in [5.74, 6) is -1.46. The summed E-state index contributed by atoms with van der Waals surface area (Å²) in [6.45, 7) is 1.53. The van der Waals surface area contributed by atoms with Crippen molar-refractivity contribution in [1.82, 2.24) is 0 Å². The number of rotatable bonds is 4. The first kappa shape index (κ1) is 14.2. The Balaban J connectivity index is 2.93. The minimum Gasteiger partial charge on any atom is -0.469 e. The summed E-state index contributed by atoms with van der Waals surface area (Å²) in [6, 6.07) is 6.39. The van der Waals surface area contributed by atoms with Gasteiger partial charge in [0.2, 0.25) is 0 Å². The molecule has 1 atom stereocenters. The van der Waals surface area contributed by atoms with Crippen LogP contribution in [0.5, 0.6) is 0 Å². The van der Waals surface area contributed by atoms with Gasteiger partial charge in [0.05, 0.1) is 23.7 Å². The number of esters is 1. The molecule has 0 radical (unpaired) electrons. The molecule has 1 rings (SSSR count). The average Bonchev–Trinajstić information content (AvgIpc) is 2.27. The number of carbonyl (C=O) groups is 1. The van der Waals surface area contributed by atoms with Gasteiger partial charge in [-0.3, -0.25) is 4.79 Å². The number of halogens is 1. The number of hydrogen-bond acceptors (Lipinski definition) is 4. The number of benzene rings is 1. The van der Waals surface area contributed by atoms with E-state index in [0.29, 0.717) is 4.47 Å². The first-order valence-corrected chi connectivity index (χ1v) is 7.37. The molecule has 1 aromatic carbocycles. The minimum atomic E-state index is -3.47. The Morgan fingerprint density at radius 3 is 2.65 bits per heavy atom. The van der Waals surface area contributed by atoms with E-state index < -0.39 is 21.7 Å². The highest BCUT2D eigenvalue weighted by atomic mass is 79.9. The standard InChI is InChI=1S/C11H13BrO4S/c1-8(11(13)16-2)7-17(14,15)10-5-3-4-9(12)6-10/h3-6,8H,7H2,1-2H3. The van der Waals surface area contributed by atoms with Crippen LogP contribution in [0.15, 0.2) is 33.6 Å². The Morgan fingerprint density at radius 2 is 2.12 bits per heavy atom. The van der Waals surface area contributed by atoms with Crippen molar-refractivity contribution in [2.75, 3.05) is 12.9 Å². The van der Waals surface area contributed by atoms with Gasteiger partial charge in [-0.2, -0.15) is 0 Å². The van der Waals surface area contributed by atoms with Gasteiger partial charge in [-0.25, -0.2) is 8.42 Å². The summed E-state index contributed by atoms with van der Waals surface area (Å²) in [6.07, 6.45) is 0. The predicted octanol–water partition coefficient (Wildman–Crippen LogP) is 2.03. The van der Waals surface area contributed by atoms with E-state index in [1.54, 1.807) is 12.1 Å². The largest absolute Gasteiger partial charge is 0.469 e. The SMILES string of the molecule is COC(=O)C(C)CS(=O)(=O)c1cccc(Br)c1. The van der Waals surface area contributed by atoms with Crippen LogP contribution in [0.3, 0.4) is 0 Å². The van der Waals surface area contributed by atoms with Crippen LogP contribution in [0.2, 0.25) is 0 Å². The lowest BCUT2D eigenvalue weighted by Gasteiger charge is -2.10. The van der Waals surface area contributed by atoms with Crippen molar-refractivity contribution in [1.29, 1.82) is 0 Å². The van der Waals surface area contributed by atoms with Crippen molar-refractivity contribution >= 4 is 31.7 Å². The molecule has 0 bridgehead atoms. The Labute approximate surface area is 109 Å². The first-order chi connectivity index (χ1) is 7.86. The zero-order valence-electron chi connectivity index (χ0n) is 9.51. The number of ether oxygens (including phenoxy) is 1. The van der Waals surface area contributed by atoms with Crippen molar-refractivity contribution in [2.24, 2.45) is 5.92 Å². The van der Waals surface area contributed by atoms with Crippen LogP contribution in [0, 0.1) is 5.92 Å². The van der Waals surface area contributed by atoms with E-state index >= 15 is 0 Å². The van der Waals surface area contributed by atoms with Gasteiger partial charge in [-0.1, -0.05) is 28.9 Å². The van der Waals surface area contributed by atoms with E-state index in [-0.39, 0.29) is 10.6 Å². The average molecular weight is 321 g/mol. The number of methoxy groups -OCH3 is 1. The Morgan fingerprint density at radius 1 is 1.47 bits per heavy atom. The van der Waals surface area contributed by atoms with E-state index in [4.69, 9.17) is 0 Å². The molecule has 0 amide bonds. The second-order valence-corrected chi connectivity index (χ2v) is 6.61. The smallest absolute Gasteiger partial charge is 0.309 e. The van der Waals surface area contributed by atoms with Crippen LogP contribution in [-0.4, -0.2) is 27.2 Å². The molecule has 0 fully saturated rings. The van der Waals surface area contributed by atoms with Crippen LogP contribution in [0.1, 0.15) is 6.92 Å². The van der Waals surface area contributed by atoms with Gasteiger partial charge >= 0.3 is 5.97 Å². The predicted molar refractivity (Wildman–Crippen MR) is 67.4 cm³/mol. The zero-order chi connectivity index (χ0) is 13.1. The van der Waals surface area contributed by atoms with Gasteiger partial charge in [0.25, 0.3) is 0 Å². The highest BCUT2D eigenvalue weighted by Gasteiger charge is 2.23. The topological polar surface area (TPSA) is 60.4 Å². The Bertz CT molecular complexity index is 510. The normalized spacial score (nSPS) is 13.1. The molecular formula is C11H13BrO4S. The van der Waals surface area contributed by atoms with Crippen molar-refractivity contribution in [2.45, 2.75) is 11.8 Å². The quantitative estimate of drug-likeness (QED) is 0.796. The molecule has 0 saturated carbocycles. The zero-order valence-corrected chi connectivity index (χ0v) is 11.9. The maximum Gasteiger partial charge on any atom is 0.309 e. The van der Waals surface area contributed by atoms with Crippen LogP contribution >= 0.6 is 15.9 Å². The lowest BCUT2D eigenvalue weighted by Crippen LogP contribution is -2.22. The van der Waals surface area contributed by atoms with E-state index in [9.17, 15) is 13.2 Å². The van der Waals surface area contributed by atoms with Gasteiger partial charge in [0.1, 0.15) is 0 Å². The summed E-state index contributed by atoms with van der Waals surface area (Å²) < 4.78 is 29.2. The van der Waals surface area contributed by atoms with E-state index in [1.165, 1.54) is 26.2 Å². The van der Waals surface area contributed by atoms with Crippen LogP contribution in [0.25, 0.3) is 0 Å². The molecule has 4 nitrogen and oxygen atoms in total. The van der Waals surface area contributed by atoms with E-state index in [2.05, 4.69) is 20.7 Å². The molecule has 6 heteroatoms. The maximum atomic E-state index is 12.0. The van der Waals surface area contributed by atoms with E-state index in [0.717, 1.165) is 0 Å². The monoisotopic (exact) mass is 320 g/mol. The number of sulfone groups is 1. The van der Waals surface area contributed by atoms with Crippen LogP contribution in [-0.2, 0) is 19.4 Å². The third-order valence-corrected chi connectivity index (χ3v) is 4.63. The van der Waals surface area contributed by atoms with Crippen molar-refractivity contribution < 1.29 is 17.9 Å². The van der Waals surface area contributed by atoms with Gasteiger partial charge in [-0.15, -0.1) is 0 Å². The molecule has 0 heterocycles. The molecule has 0 saturated heterocycles. The van der Waals surface area contributed by atoms with Crippen LogP contribution < -0.4 is 0 Å². The molecule has 1 aromatic rings. The third kappa shape index (κ3) is 3.81. The first-order valence-electron chi connectivity index (χ1n) is 4.93. The highest BCUT2D eigenvalue weighted by Crippen LogP contribution is 2.19. The molecule has 0 spiro atoms. The van der Waals surface area contributed by atoms with Gasteiger partial charge in [-0.05, 0) is 18.2 Å². The van der Waals surface area contributed by atoms with Gasteiger partial charge in [0.15, 0.2) is 9.84 Å². The molecule has 1 unspecified atom stereocenters. The van der Waals surface area contributed by atoms with Gasteiger partial charge < -0.3 is 4.74 Å². The second-order valence-electron chi connectivity index (χ2n) is 3.66. The molecule has 0 aliphatic heterocycles. The lowest BCUT2D eigenvalue weighted by atomic mass is 10.2. The van der Waals surface area contributed by atoms with E-state index in [1.807, 2.05) is 0 Å². The van der Waals surface area contributed by atoms with Crippen molar-refractivity contribution in [3.05, 3.63) is 28.7 Å². The maximum absolute atomic E-state index is 12.0. The summed E-state index contributed by atoms with van der Waals surface area (Å²) >= 11 is 3.21. The molecule has 0 aliphatic rings. The molecule has 0 aliphatic carbocycles. The fourth-order valence-corrected chi connectivity index (χ4v) is 3.49. The fourth-order valence-electron chi connectivity index (χ4n) is 1.36. The minimum absolute atomic E-state index is 0.197. The lowest BCUT2D eigenvalue weighted by molar-refractivity contribution is -0.144. The van der Waals surface area contributed by atoms with Crippen molar-refractivity contribution in [3.63, 3.8) is 0 Å². The molecule has 0 aromatic heterocycles. The Kier molecular flexibility index (Phi) is 4.70. The van der Waals surface area contributed by atoms with Gasteiger partial charge in [0, 0.05) is 4.47 Å². The molecule has 0 N–H and O–H groups in total. The molecule has 94 valence electrons. The second kappa shape index (κ2) is 5.64. The highest BCUT2D eigenvalue weighted by molar-refractivity contribution is 9.10. The Hall–Kier alpha value is -0.880. The summed E-state index contributed by atoms with van der Waals surface area (Å²) in [7, 11) is -2.23. The van der Waals surface area contributed by atoms with Crippen LogP contribution in [0.4, 0.5) is 0 Å².